The SMILES string of the molecule is CCn1ncc2c(NC3CC(C(=O)O)C3)c(C=O)cnc21. The fraction of sp³-hybridized carbons (Fsp3) is 0.429. The van der Waals surface area contributed by atoms with Crippen LogP contribution in [-0.4, -0.2) is 38.2 Å². The number of carboxylic acids is 1. The molecule has 7 nitrogen and oxygen atoms in total. The van der Waals surface area contributed by atoms with E-state index in [0.29, 0.717) is 30.6 Å². The second-order valence-corrected chi connectivity index (χ2v) is 5.25. The van der Waals surface area contributed by atoms with E-state index in [1.165, 1.54) is 6.20 Å². The molecular formula is C14H16N4O3. The van der Waals surface area contributed by atoms with Crippen molar-refractivity contribution in [3.8, 4) is 0 Å². The van der Waals surface area contributed by atoms with Gasteiger partial charge in [0.05, 0.1) is 28.8 Å². The second-order valence-electron chi connectivity index (χ2n) is 5.25. The molecule has 1 fully saturated rings. The highest BCUT2D eigenvalue weighted by atomic mass is 16.4. The summed E-state index contributed by atoms with van der Waals surface area (Å²) < 4.78 is 1.76. The largest absolute Gasteiger partial charge is 0.481 e. The molecule has 0 saturated heterocycles. The lowest BCUT2D eigenvalue weighted by Gasteiger charge is -2.34. The number of aldehydes is 1. The molecule has 0 atom stereocenters. The Hall–Kier alpha value is -2.44. The predicted molar refractivity (Wildman–Crippen MR) is 76.4 cm³/mol. The molecule has 1 aliphatic rings. The van der Waals surface area contributed by atoms with E-state index in [0.717, 1.165) is 17.3 Å². The molecule has 0 spiro atoms. The Morgan fingerprint density at radius 3 is 2.90 bits per heavy atom. The number of pyridine rings is 1. The number of anilines is 1. The van der Waals surface area contributed by atoms with Gasteiger partial charge in [0.1, 0.15) is 0 Å². The third-order valence-electron chi connectivity index (χ3n) is 3.96. The van der Waals surface area contributed by atoms with Gasteiger partial charge in [0, 0.05) is 18.8 Å². The summed E-state index contributed by atoms with van der Waals surface area (Å²) in [5, 5.41) is 17.2. The monoisotopic (exact) mass is 288 g/mol. The number of carbonyl (C=O) groups is 2. The molecule has 0 aromatic carbocycles. The Bertz CT molecular complexity index is 704. The fourth-order valence-corrected chi connectivity index (χ4v) is 2.67. The Kier molecular flexibility index (Phi) is 3.32. The van der Waals surface area contributed by atoms with E-state index in [1.807, 2.05) is 6.92 Å². The average Bonchev–Trinajstić information content (AvgIpc) is 2.84. The number of aliphatic carboxylic acids is 1. The van der Waals surface area contributed by atoms with Gasteiger partial charge in [-0.05, 0) is 19.8 Å². The summed E-state index contributed by atoms with van der Waals surface area (Å²) in [6.07, 6.45) is 5.11. The standard InChI is InChI=1S/C14H16N4O3/c1-2-18-13-11(6-16-18)12(9(7-19)5-15-13)17-10-3-8(4-10)14(20)21/h5-8,10H,2-4H2,1H3,(H,15,17)(H,20,21). The van der Waals surface area contributed by atoms with Crippen molar-refractivity contribution < 1.29 is 14.7 Å². The lowest BCUT2D eigenvalue weighted by Crippen LogP contribution is -2.39. The lowest BCUT2D eigenvalue weighted by atomic mass is 9.80. The van der Waals surface area contributed by atoms with Gasteiger partial charge in [0.2, 0.25) is 0 Å². The number of nitrogens with one attached hydrogen (secondary N) is 1. The van der Waals surface area contributed by atoms with Crippen molar-refractivity contribution in [1.29, 1.82) is 0 Å². The third kappa shape index (κ3) is 2.24. The molecule has 3 rings (SSSR count). The van der Waals surface area contributed by atoms with Crippen LogP contribution in [0.2, 0.25) is 0 Å². The van der Waals surface area contributed by atoms with E-state index in [2.05, 4.69) is 15.4 Å². The van der Waals surface area contributed by atoms with Gasteiger partial charge < -0.3 is 10.4 Å². The lowest BCUT2D eigenvalue weighted by molar-refractivity contribution is -0.144. The number of aryl methyl sites for hydroxylation is 1. The van der Waals surface area contributed by atoms with Crippen LogP contribution in [0, 0.1) is 5.92 Å². The molecular weight excluding hydrogens is 272 g/mol. The minimum absolute atomic E-state index is 0.0698. The highest BCUT2D eigenvalue weighted by Crippen LogP contribution is 2.33. The van der Waals surface area contributed by atoms with E-state index in [9.17, 15) is 9.59 Å². The molecule has 0 unspecified atom stereocenters. The Morgan fingerprint density at radius 1 is 1.52 bits per heavy atom. The molecule has 110 valence electrons. The summed E-state index contributed by atoms with van der Waals surface area (Å²) in [6.45, 7) is 2.67. The molecule has 0 bridgehead atoms. The maximum absolute atomic E-state index is 11.2. The minimum atomic E-state index is -0.762. The molecule has 2 N–H and O–H groups in total. The molecule has 0 amide bonds. The van der Waals surface area contributed by atoms with Gasteiger partial charge in [-0.1, -0.05) is 0 Å². The number of hydrogen-bond acceptors (Lipinski definition) is 5. The molecule has 2 aromatic rings. The van der Waals surface area contributed by atoms with E-state index in [1.54, 1.807) is 10.9 Å². The summed E-state index contributed by atoms with van der Waals surface area (Å²) in [7, 11) is 0. The van der Waals surface area contributed by atoms with Crippen molar-refractivity contribution in [1.82, 2.24) is 14.8 Å². The number of aromatic nitrogens is 3. The smallest absolute Gasteiger partial charge is 0.306 e. The Labute approximate surface area is 121 Å². The van der Waals surface area contributed by atoms with Crippen molar-refractivity contribution in [2.75, 3.05) is 5.32 Å². The topological polar surface area (TPSA) is 97.1 Å². The zero-order valence-corrected chi connectivity index (χ0v) is 11.6. The van der Waals surface area contributed by atoms with Gasteiger partial charge in [-0.2, -0.15) is 5.10 Å². The summed E-state index contributed by atoms with van der Waals surface area (Å²) in [4.78, 5) is 26.3. The first-order valence-electron chi connectivity index (χ1n) is 6.93. The molecule has 1 aliphatic carbocycles. The number of hydrogen-bond donors (Lipinski definition) is 2. The number of nitrogens with zero attached hydrogens (tertiary/aromatic N) is 3. The van der Waals surface area contributed by atoms with E-state index < -0.39 is 5.97 Å². The molecule has 21 heavy (non-hydrogen) atoms. The van der Waals surface area contributed by atoms with Crippen molar-refractivity contribution >= 4 is 29.0 Å². The second kappa shape index (κ2) is 5.16. The van der Waals surface area contributed by atoms with Gasteiger partial charge in [0.15, 0.2) is 11.9 Å². The fourth-order valence-electron chi connectivity index (χ4n) is 2.67. The molecule has 7 heteroatoms. The van der Waals surface area contributed by atoms with Crippen LogP contribution < -0.4 is 5.32 Å². The Morgan fingerprint density at radius 2 is 2.29 bits per heavy atom. The first-order chi connectivity index (χ1) is 10.1. The summed E-state index contributed by atoms with van der Waals surface area (Å²) in [6, 6.07) is 0.0698. The van der Waals surface area contributed by atoms with Crippen LogP contribution in [-0.2, 0) is 11.3 Å². The van der Waals surface area contributed by atoms with Gasteiger partial charge >= 0.3 is 5.97 Å². The highest BCUT2D eigenvalue weighted by Gasteiger charge is 2.35. The van der Waals surface area contributed by atoms with Crippen LogP contribution in [0.4, 0.5) is 5.69 Å². The van der Waals surface area contributed by atoms with Crippen molar-refractivity contribution in [3.05, 3.63) is 18.0 Å². The van der Waals surface area contributed by atoms with Crippen molar-refractivity contribution in [2.24, 2.45) is 5.92 Å². The first kappa shape index (κ1) is 13.5. The molecule has 0 aliphatic heterocycles. The zero-order valence-electron chi connectivity index (χ0n) is 11.6. The molecule has 2 heterocycles. The molecule has 2 aromatic heterocycles. The van der Waals surface area contributed by atoms with Gasteiger partial charge in [-0.3, -0.25) is 9.59 Å². The van der Waals surface area contributed by atoms with Crippen LogP contribution in [0.1, 0.15) is 30.1 Å². The zero-order chi connectivity index (χ0) is 15.0. The predicted octanol–water partition coefficient (Wildman–Crippen LogP) is 1.54. The molecule has 0 radical (unpaired) electrons. The average molecular weight is 288 g/mol. The van der Waals surface area contributed by atoms with Gasteiger partial charge in [-0.25, -0.2) is 9.67 Å². The van der Waals surface area contributed by atoms with Crippen LogP contribution in [0.3, 0.4) is 0 Å². The van der Waals surface area contributed by atoms with Crippen molar-refractivity contribution in [2.45, 2.75) is 32.4 Å². The normalized spacial score (nSPS) is 21.0. The van der Waals surface area contributed by atoms with Crippen LogP contribution in [0.25, 0.3) is 11.0 Å². The van der Waals surface area contributed by atoms with E-state index in [-0.39, 0.29) is 12.0 Å². The molecule has 1 saturated carbocycles. The summed E-state index contributed by atoms with van der Waals surface area (Å²) in [5.41, 5.74) is 1.89. The van der Waals surface area contributed by atoms with Gasteiger partial charge in [-0.15, -0.1) is 0 Å². The van der Waals surface area contributed by atoms with Gasteiger partial charge in [0.25, 0.3) is 0 Å². The maximum Gasteiger partial charge on any atom is 0.306 e. The van der Waals surface area contributed by atoms with Crippen LogP contribution >= 0.6 is 0 Å². The number of carbonyl (C=O) groups excluding carboxylic acids is 1. The van der Waals surface area contributed by atoms with E-state index in [4.69, 9.17) is 5.11 Å². The highest BCUT2D eigenvalue weighted by molar-refractivity contribution is 5.99. The summed E-state index contributed by atoms with van der Waals surface area (Å²) >= 11 is 0. The minimum Gasteiger partial charge on any atom is -0.481 e. The quantitative estimate of drug-likeness (QED) is 0.810. The number of carboxylic acid groups (broad SMARTS) is 1. The summed E-state index contributed by atoms with van der Waals surface area (Å²) in [5.74, 6) is -1.06. The van der Waals surface area contributed by atoms with Crippen LogP contribution in [0.5, 0.6) is 0 Å². The van der Waals surface area contributed by atoms with E-state index >= 15 is 0 Å². The maximum atomic E-state index is 11.2. The number of fused-ring (bicyclic) bond motifs is 1. The Balaban J connectivity index is 1.91. The number of rotatable bonds is 5. The van der Waals surface area contributed by atoms with Crippen LogP contribution in [0.15, 0.2) is 12.4 Å². The third-order valence-corrected chi connectivity index (χ3v) is 3.96. The first-order valence-corrected chi connectivity index (χ1v) is 6.93. The van der Waals surface area contributed by atoms with Crippen molar-refractivity contribution in [3.63, 3.8) is 0 Å².